The summed E-state index contributed by atoms with van der Waals surface area (Å²) in [5, 5.41) is 5.18. The fourth-order valence-electron chi connectivity index (χ4n) is 4.72. The van der Waals surface area contributed by atoms with Gasteiger partial charge in [0.15, 0.2) is 0 Å². The first-order chi connectivity index (χ1) is 14.4. The summed E-state index contributed by atoms with van der Waals surface area (Å²) >= 11 is 6.66. The molecular weight excluding hydrogens is 403 g/mol. The van der Waals surface area contributed by atoms with E-state index >= 15 is 0 Å². The monoisotopic (exact) mass is 431 g/mol. The predicted molar refractivity (Wildman–Crippen MR) is 135 cm³/mol. The first kappa shape index (κ1) is 21.1. The van der Waals surface area contributed by atoms with E-state index in [1.54, 1.807) is 0 Å². The Hall–Kier alpha value is -2.14. The van der Waals surface area contributed by atoms with E-state index in [1.165, 1.54) is 21.5 Å². The Morgan fingerprint density at radius 3 is 1.53 bits per heavy atom. The van der Waals surface area contributed by atoms with Crippen LogP contribution in [-0.2, 0) is 0 Å². The quantitative estimate of drug-likeness (QED) is 0.394. The summed E-state index contributed by atoms with van der Waals surface area (Å²) in [5.74, 6) is 0.365. The summed E-state index contributed by atoms with van der Waals surface area (Å²) in [6, 6.07) is 33.3. The lowest BCUT2D eigenvalue weighted by atomic mass is 9.73. The zero-order chi connectivity index (χ0) is 21.2. The van der Waals surface area contributed by atoms with Gasteiger partial charge in [0.2, 0.25) is 0 Å². The van der Waals surface area contributed by atoms with Gasteiger partial charge in [-0.05, 0) is 60.4 Å². The average molecular weight is 432 g/mol. The molecule has 0 N–H and O–H groups in total. The molecule has 4 rings (SSSR count). The molecular formula is C28H29ClP+. The SMILES string of the molecule is CC1=C(Cl)C=CC(C)(C)C1C[P+](c1ccccc1)(c1ccccc1)c1ccccc1. The number of benzene rings is 3. The van der Waals surface area contributed by atoms with Crippen molar-refractivity contribution in [1.82, 2.24) is 0 Å². The van der Waals surface area contributed by atoms with Gasteiger partial charge in [-0.1, -0.05) is 86.1 Å². The molecule has 0 amide bonds. The Kier molecular flexibility index (Phi) is 6.01. The van der Waals surface area contributed by atoms with Gasteiger partial charge in [0, 0.05) is 11.0 Å². The van der Waals surface area contributed by atoms with E-state index in [0.29, 0.717) is 5.92 Å². The van der Waals surface area contributed by atoms with Crippen molar-refractivity contribution in [3.05, 3.63) is 114 Å². The topological polar surface area (TPSA) is 0 Å². The minimum Gasteiger partial charge on any atom is -0.0844 e. The third-order valence-corrected chi connectivity index (χ3v) is 11.4. The molecule has 0 aliphatic heterocycles. The van der Waals surface area contributed by atoms with Crippen molar-refractivity contribution in [2.24, 2.45) is 11.3 Å². The first-order valence-electron chi connectivity index (χ1n) is 10.6. The summed E-state index contributed by atoms with van der Waals surface area (Å²) in [6.45, 7) is 6.90. The lowest BCUT2D eigenvalue weighted by Crippen LogP contribution is -2.39. The lowest BCUT2D eigenvalue weighted by molar-refractivity contribution is 0.350. The van der Waals surface area contributed by atoms with Crippen molar-refractivity contribution in [1.29, 1.82) is 0 Å². The molecule has 1 atom stereocenters. The highest BCUT2D eigenvalue weighted by Crippen LogP contribution is 2.60. The second-order valence-electron chi connectivity index (χ2n) is 8.74. The van der Waals surface area contributed by atoms with Crippen molar-refractivity contribution in [3.63, 3.8) is 0 Å². The molecule has 3 aromatic rings. The molecule has 0 heterocycles. The van der Waals surface area contributed by atoms with Gasteiger partial charge in [-0.2, -0.15) is 0 Å². The molecule has 3 aromatic carbocycles. The first-order valence-corrected chi connectivity index (χ1v) is 12.9. The number of hydrogen-bond acceptors (Lipinski definition) is 0. The lowest BCUT2D eigenvalue weighted by Gasteiger charge is -2.39. The fourth-order valence-corrected chi connectivity index (χ4v) is 9.77. The van der Waals surface area contributed by atoms with E-state index in [4.69, 9.17) is 11.6 Å². The largest absolute Gasteiger partial charge is 0.112 e. The Labute approximate surface area is 186 Å². The highest BCUT2D eigenvalue weighted by molar-refractivity contribution is 7.95. The maximum atomic E-state index is 6.66. The summed E-state index contributed by atoms with van der Waals surface area (Å²) in [6.07, 6.45) is 5.44. The van der Waals surface area contributed by atoms with E-state index in [-0.39, 0.29) is 5.41 Å². The van der Waals surface area contributed by atoms with Crippen molar-refractivity contribution in [2.45, 2.75) is 20.8 Å². The maximum absolute atomic E-state index is 6.66. The molecule has 1 aliphatic rings. The molecule has 30 heavy (non-hydrogen) atoms. The van der Waals surface area contributed by atoms with Crippen LogP contribution in [0.1, 0.15) is 20.8 Å². The molecule has 152 valence electrons. The van der Waals surface area contributed by atoms with Crippen LogP contribution in [0.25, 0.3) is 0 Å². The normalized spacial score (nSPS) is 18.5. The Balaban J connectivity index is 2.00. The van der Waals surface area contributed by atoms with Gasteiger partial charge < -0.3 is 0 Å². The summed E-state index contributed by atoms with van der Waals surface area (Å²) in [7, 11) is -1.89. The third kappa shape index (κ3) is 3.80. The molecule has 0 spiro atoms. The molecule has 0 nitrogen and oxygen atoms in total. The average Bonchev–Trinajstić information content (AvgIpc) is 2.79. The second kappa shape index (κ2) is 8.54. The van der Waals surface area contributed by atoms with Crippen LogP contribution in [0.4, 0.5) is 0 Å². The highest BCUT2D eigenvalue weighted by Gasteiger charge is 2.50. The van der Waals surface area contributed by atoms with E-state index in [0.717, 1.165) is 11.2 Å². The zero-order valence-corrected chi connectivity index (χ0v) is 19.6. The Morgan fingerprint density at radius 1 is 0.733 bits per heavy atom. The summed E-state index contributed by atoms with van der Waals surface area (Å²) < 4.78 is 0. The number of allylic oxidation sites excluding steroid dienone is 4. The van der Waals surface area contributed by atoms with Crippen LogP contribution in [0.3, 0.4) is 0 Å². The number of rotatable bonds is 5. The number of halogens is 1. The van der Waals surface area contributed by atoms with E-state index in [1.807, 2.05) is 0 Å². The second-order valence-corrected chi connectivity index (χ2v) is 12.7. The molecule has 0 bridgehead atoms. The zero-order valence-electron chi connectivity index (χ0n) is 17.9. The summed E-state index contributed by atoms with van der Waals surface area (Å²) in [4.78, 5) is 0. The van der Waals surface area contributed by atoms with Gasteiger partial charge in [0.25, 0.3) is 0 Å². The third-order valence-electron chi connectivity index (χ3n) is 6.50. The molecule has 2 heteroatoms. The number of hydrogen-bond donors (Lipinski definition) is 0. The van der Waals surface area contributed by atoms with Crippen molar-refractivity contribution >= 4 is 34.8 Å². The van der Waals surface area contributed by atoms with E-state index in [2.05, 4.69) is 124 Å². The molecule has 1 aliphatic carbocycles. The van der Waals surface area contributed by atoms with Gasteiger partial charge >= 0.3 is 0 Å². The maximum Gasteiger partial charge on any atom is 0.112 e. The van der Waals surface area contributed by atoms with Gasteiger partial charge in [0.1, 0.15) is 23.2 Å². The van der Waals surface area contributed by atoms with Crippen LogP contribution in [0.5, 0.6) is 0 Å². The molecule has 0 fully saturated rings. The van der Waals surface area contributed by atoms with Crippen molar-refractivity contribution in [3.8, 4) is 0 Å². The van der Waals surface area contributed by atoms with Gasteiger partial charge in [0.05, 0.1) is 6.16 Å². The minimum absolute atomic E-state index is 0.0477. The van der Waals surface area contributed by atoms with Crippen LogP contribution in [0, 0.1) is 11.3 Å². The van der Waals surface area contributed by atoms with Crippen LogP contribution in [0.2, 0.25) is 0 Å². The predicted octanol–water partition coefficient (Wildman–Crippen LogP) is 6.71. The van der Waals surface area contributed by atoms with Gasteiger partial charge in [-0.15, -0.1) is 0 Å². The molecule has 1 unspecified atom stereocenters. The Morgan fingerprint density at radius 2 is 1.13 bits per heavy atom. The van der Waals surface area contributed by atoms with Crippen LogP contribution in [0.15, 0.2) is 114 Å². The van der Waals surface area contributed by atoms with Gasteiger partial charge in [-0.25, -0.2) is 0 Å². The highest BCUT2D eigenvalue weighted by atomic mass is 35.5. The van der Waals surface area contributed by atoms with Gasteiger partial charge in [-0.3, -0.25) is 0 Å². The Bertz CT molecular complexity index is 953. The molecule has 0 saturated carbocycles. The smallest absolute Gasteiger partial charge is 0.0844 e. The van der Waals surface area contributed by atoms with Crippen molar-refractivity contribution in [2.75, 3.05) is 6.16 Å². The standard InChI is InChI=1S/C28H29ClP/c1-22-26(28(2,3)20-19-27(22)29)21-30(23-13-7-4-8-14-23,24-15-9-5-10-16-24)25-17-11-6-12-18-25/h4-20,26H,21H2,1-3H3/q+1. The van der Waals surface area contributed by atoms with Crippen LogP contribution < -0.4 is 15.9 Å². The van der Waals surface area contributed by atoms with Crippen LogP contribution >= 0.6 is 18.9 Å². The minimum atomic E-state index is -1.89. The van der Waals surface area contributed by atoms with E-state index < -0.39 is 7.26 Å². The van der Waals surface area contributed by atoms with E-state index in [9.17, 15) is 0 Å². The molecule has 0 aromatic heterocycles. The molecule has 0 radical (unpaired) electrons. The molecule has 0 saturated heterocycles. The van der Waals surface area contributed by atoms with Crippen LogP contribution in [-0.4, -0.2) is 6.16 Å². The summed E-state index contributed by atoms with van der Waals surface area (Å²) in [5.41, 5.74) is 1.35. The van der Waals surface area contributed by atoms with Crippen molar-refractivity contribution < 1.29 is 0 Å². The fraction of sp³-hybridized carbons (Fsp3) is 0.214.